The number of nitrogens with zero attached hydrogens (tertiary/aromatic N) is 3. The molecule has 0 bridgehead atoms. The van der Waals surface area contributed by atoms with Crippen LogP contribution < -0.4 is 5.32 Å². The Bertz CT molecular complexity index is 877. The molecule has 0 spiro atoms. The molecule has 1 aliphatic heterocycles. The number of hydrogen-bond donors (Lipinski definition) is 2. The molecule has 27 heavy (non-hydrogen) atoms. The number of para-hydroxylation sites is 1. The highest BCUT2D eigenvalue weighted by atomic mass is 32.2. The molecule has 1 aliphatic rings. The Balaban J connectivity index is 1.53. The van der Waals surface area contributed by atoms with E-state index in [1.807, 2.05) is 23.1 Å². The van der Waals surface area contributed by atoms with Gasteiger partial charge in [0.2, 0.25) is 5.91 Å². The van der Waals surface area contributed by atoms with Crippen LogP contribution >= 0.6 is 23.1 Å². The molecule has 7 nitrogen and oxygen atoms in total. The van der Waals surface area contributed by atoms with Crippen molar-refractivity contribution in [2.45, 2.75) is 23.2 Å². The Morgan fingerprint density at radius 3 is 3.04 bits per heavy atom. The lowest BCUT2D eigenvalue weighted by Gasteiger charge is -2.25. The maximum atomic E-state index is 12.2. The fraction of sp³-hybridized carbons (Fsp3) is 0.333. The Morgan fingerprint density at radius 1 is 1.48 bits per heavy atom. The predicted octanol–water partition coefficient (Wildman–Crippen LogP) is 2.91. The van der Waals surface area contributed by atoms with Crippen LogP contribution in [0.15, 0.2) is 34.0 Å². The SMILES string of the molecule is N#Cc1ccccc1NC[C@H]1CCC(=O)N1CCSc1nc(C(=O)O)cs1. The predicted molar refractivity (Wildman–Crippen MR) is 104 cm³/mol. The molecular formula is C18H18N4O3S2. The molecule has 2 aromatic rings. The Morgan fingerprint density at radius 2 is 2.30 bits per heavy atom. The van der Waals surface area contributed by atoms with Crippen molar-refractivity contribution < 1.29 is 14.7 Å². The number of rotatable bonds is 8. The largest absolute Gasteiger partial charge is 0.476 e. The van der Waals surface area contributed by atoms with Gasteiger partial charge in [-0.05, 0) is 18.6 Å². The molecule has 9 heteroatoms. The molecule has 140 valence electrons. The first-order chi connectivity index (χ1) is 13.1. The molecule has 1 amide bonds. The van der Waals surface area contributed by atoms with Crippen LogP contribution in [0.3, 0.4) is 0 Å². The van der Waals surface area contributed by atoms with Gasteiger partial charge in [0.05, 0.1) is 11.3 Å². The maximum Gasteiger partial charge on any atom is 0.355 e. The van der Waals surface area contributed by atoms with Crippen molar-refractivity contribution in [3.63, 3.8) is 0 Å². The van der Waals surface area contributed by atoms with Gasteiger partial charge in [-0.1, -0.05) is 23.9 Å². The monoisotopic (exact) mass is 402 g/mol. The zero-order valence-corrected chi connectivity index (χ0v) is 16.1. The fourth-order valence-electron chi connectivity index (χ4n) is 2.93. The summed E-state index contributed by atoms with van der Waals surface area (Å²) in [5, 5.41) is 22.9. The van der Waals surface area contributed by atoms with Crippen LogP contribution in [-0.4, -0.2) is 51.8 Å². The van der Waals surface area contributed by atoms with Crippen molar-refractivity contribution in [1.29, 1.82) is 5.26 Å². The summed E-state index contributed by atoms with van der Waals surface area (Å²) < 4.78 is 0.691. The van der Waals surface area contributed by atoms with Crippen molar-refractivity contribution in [2.75, 3.05) is 24.2 Å². The first-order valence-corrected chi connectivity index (χ1v) is 10.3. The molecule has 1 atom stereocenters. The number of carbonyl (C=O) groups is 2. The van der Waals surface area contributed by atoms with E-state index in [0.717, 1.165) is 12.1 Å². The number of likely N-dealkylation sites (tertiary alicyclic amines) is 1. The van der Waals surface area contributed by atoms with E-state index in [2.05, 4.69) is 16.4 Å². The zero-order chi connectivity index (χ0) is 19.2. The number of carboxylic acid groups (broad SMARTS) is 1. The van der Waals surface area contributed by atoms with Crippen molar-refractivity contribution in [1.82, 2.24) is 9.88 Å². The molecule has 1 aromatic carbocycles. The Labute approximate surface area is 165 Å². The van der Waals surface area contributed by atoms with E-state index in [9.17, 15) is 9.59 Å². The van der Waals surface area contributed by atoms with Crippen LogP contribution in [0.2, 0.25) is 0 Å². The van der Waals surface area contributed by atoms with E-state index in [1.165, 1.54) is 28.5 Å². The summed E-state index contributed by atoms with van der Waals surface area (Å²) in [5.41, 5.74) is 1.41. The van der Waals surface area contributed by atoms with Gasteiger partial charge in [-0.3, -0.25) is 4.79 Å². The van der Waals surface area contributed by atoms with E-state index in [4.69, 9.17) is 10.4 Å². The van der Waals surface area contributed by atoms with E-state index >= 15 is 0 Å². The summed E-state index contributed by atoms with van der Waals surface area (Å²) in [5.74, 6) is -0.248. The molecule has 0 saturated carbocycles. The number of carbonyl (C=O) groups excluding carboxylic acids is 1. The first-order valence-electron chi connectivity index (χ1n) is 8.42. The summed E-state index contributed by atoms with van der Waals surface area (Å²) in [7, 11) is 0. The zero-order valence-electron chi connectivity index (χ0n) is 14.4. The lowest BCUT2D eigenvalue weighted by Crippen LogP contribution is -2.39. The van der Waals surface area contributed by atoms with Gasteiger partial charge in [-0.15, -0.1) is 11.3 Å². The topological polar surface area (TPSA) is 106 Å². The molecule has 3 rings (SSSR count). The van der Waals surface area contributed by atoms with Crippen LogP contribution in [0, 0.1) is 11.3 Å². The van der Waals surface area contributed by atoms with E-state index < -0.39 is 5.97 Å². The highest BCUT2D eigenvalue weighted by Crippen LogP contribution is 2.25. The summed E-state index contributed by atoms with van der Waals surface area (Å²) in [6.07, 6.45) is 1.31. The van der Waals surface area contributed by atoms with Gasteiger partial charge < -0.3 is 15.3 Å². The second kappa shape index (κ2) is 8.88. The Kier molecular flexibility index (Phi) is 6.32. The molecule has 2 heterocycles. The standard InChI is InChI=1S/C18H18N4O3S2/c19-9-12-3-1-2-4-14(12)20-10-13-5-6-16(23)22(13)7-8-26-18-21-15(11-27-18)17(24)25/h1-4,11,13,20H,5-8,10H2,(H,24,25)/t13-/m1/s1. The van der Waals surface area contributed by atoms with E-state index in [-0.39, 0.29) is 17.6 Å². The second-order valence-electron chi connectivity index (χ2n) is 5.97. The molecule has 0 unspecified atom stereocenters. The minimum absolute atomic E-state index is 0.0537. The number of amides is 1. The number of thioether (sulfide) groups is 1. The van der Waals surface area contributed by atoms with Crippen LogP contribution in [-0.2, 0) is 4.79 Å². The van der Waals surface area contributed by atoms with Crippen molar-refractivity contribution in [3.05, 3.63) is 40.9 Å². The van der Waals surface area contributed by atoms with Gasteiger partial charge >= 0.3 is 5.97 Å². The number of nitrogens with one attached hydrogen (secondary N) is 1. The number of nitriles is 1. The number of thiazole rings is 1. The van der Waals surface area contributed by atoms with Crippen LogP contribution in [0.4, 0.5) is 5.69 Å². The van der Waals surface area contributed by atoms with Gasteiger partial charge in [0.15, 0.2) is 10.0 Å². The number of aromatic nitrogens is 1. The van der Waals surface area contributed by atoms with Crippen LogP contribution in [0.25, 0.3) is 0 Å². The van der Waals surface area contributed by atoms with Gasteiger partial charge in [0.1, 0.15) is 6.07 Å². The van der Waals surface area contributed by atoms with Gasteiger partial charge in [-0.25, -0.2) is 9.78 Å². The summed E-state index contributed by atoms with van der Waals surface area (Å²) in [4.78, 5) is 29.0. The number of anilines is 1. The quantitative estimate of drug-likeness (QED) is 0.654. The highest BCUT2D eigenvalue weighted by molar-refractivity contribution is 8.01. The Hall–Kier alpha value is -2.57. The number of benzene rings is 1. The lowest BCUT2D eigenvalue weighted by molar-refractivity contribution is -0.128. The van der Waals surface area contributed by atoms with Crippen molar-refractivity contribution in [3.8, 4) is 6.07 Å². The van der Waals surface area contributed by atoms with Crippen LogP contribution in [0.5, 0.6) is 0 Å². The average Bonchev–Trinajstić information content (AvgIpc) is 3.28. The molecular weight excluding hydrogens is 384 g/mol. The summed E-state index contributed by atoms with van der Waals surface area (Å²) >= 11 is 2.76. The summed E-state index contributed by atoms with van der Waals surface area (Å²) in [6.45, 7) is 1.17. The van der Waals surface area contributed by atoms with Crippen molar-refractivity contribution >= 4 is 40.7 Å². The molecule has 0 radical (unpaired) electrons. The minimum atomic E-state index is -1.03. The molecule has 2 N–H and O–H groups in total. The highest BCUT2D eigenvalue weighted by Gasteiger charge is 2.30. The van der Waals surface area contributed by atoms with Crippen LogP contribution in [0.1, 0.15) is 28.9 Å². The molecule has 1 aromatic heterocycles. The van der Waals surface area contributed by atoms with Gasteiger partial charge in [0, 0.05) is 36.7 Å². The number of hydrogen-bond acceptors (Lipinski definition) is 7. The van der Waals surface area contributed by atoms with Crippen molar-refractivity contribution in [2.24, 2.45) is 0 Å². The normalized spacial score (nSPS) is 16.3. The summed E-state index contributed by atoms with van der Waals surface area (Å²) in [6, 6.07) is 9.55. The van der Waals surface area contributed by atoms with Gasteiger partial charge in [0.25, 0.3) is 0 Å². The lowest BCUT2D eigenvalue weighted by atomic mass is 10.1. The van der Waals surface area contributed by atoms with E-state index in [0.29, 0.717) is 35.2 Å². The third kappa shape index (κ3) is 4.78. The molecule has 0 aliphatic carbocycles. The third-order valence-corrected chi connectivity index (χ3v) is 6.29. The van der Waals surface area contributed by atoms with E-state index in [1.54, 1.807) is 6.07 Å². The minimum Gasteiger partial charge on any atom is -0.476 e. The average molecular weight is 403 g/mol. The number of aromatic carboxylic acids is 1. The number of carboxylic acids is 1. The maximum absolute atomic E-state index is 12.2. The third-order valence-electron chi connectivity index (χ3n) is 4.29. The molecule has 1 fully saturated rings. The second-order valence-corrected chi connectivity index (χ2v) is 8.17. The smallest absolute Gasteiger partial charge is 0.355 e. The fourth-order valence-corrected chi connectivity index (χ4v) is 4.74. The molecule has 1 saturated heterocycles. The van der Waals surface area contributed by atoms with Gasteiger partial charge in [-0.2, -0.15) is 5.26 Å². The first kappa shape index (κ1) is 19.2.